The Bertz CT molecular complexity index is 850. The van der Waals surface area contributed by atoms with Gasteiger partial charge in [0.25, 0.3) is 5.91 Å². The van der Waals surface area contributed by atoms with Crippen LogP contribution in [0.2, 0.25) is 0 Å². The van der Waals surface area contributed by atoms with Gasteiger partial charge in [0.05, 0.1) is 5.69 Å². The number of carbonyl (C=O) groups excluding carboxylic acids is 1. The summed E-state index contributed by atoms with van der Waals surface area (Å²) in [6.45, 7) is 1.40. The molecule has 0 aliphatic carbocycles. The van der Waals surface area contributed by atoms with Crippen LogP contribution in [0.5, 0.6) is 0 Å². The number of alkyl halides is 3. The molecule has 5 nitrogen and oxygen atoms in total. The lowest BCUT2D eigenvalue weighted by molar-refractivity contribution is -0.0429. The number of amides is 1. The number of rotatable bonds is 4. The average molecular weight is 358 g/mol. The van der Waals surface area contributed by atoms with Crippen LogP contribution in [0.25, 0.3) is 0 Å². The molecule has 9 heteroatoms. The van der Waals surface area contributed by atoms with Gasteiger partial charge in [-0.2, -0.15) is 21.6 Å². The molecular formula is C15H13F3N2O3S. The van der Waals surface area contributed by atoms with Gasteiger partial charge in [0, 0.05) is 11.3 Å². The van der Waals surface area contributed by atoms with Crippen LogP contribution < -0.4 is 10.0 Å². The van der Waals surface area contributed by atoms with Crippen molar-refractivity contribution < 1.29 is 26.4 Å². The molecule has 128 valence electrons. The molecule has 0 saturated carbocycles. The molecule has 2 aromatic rings. The molecule has 2 N–H and O–H groups in total. The molecule has 0 heterocycles. The van der Waals surface area contributed by atoms with Crippen LogP contribution in [0.4, 0.5) is 24.5 Å². The van der Waals surface area contributed by atoms with Crippen molar-refractivity contribution in [3.63, 3.8) is 0 Å². The number of halogens is 3. The predicted octanol–water partition coefficient (Wildman–Crippen LogP) is 3.51. The number of hydrogen-bond acceptors (Lipinski definition) is 3. The van der Waals surface area contributed by atoms with Crippen molar-refractivity contribution in [3.05, 3.63) is 59.7 Å². The van der Waals surface area contributed by atoms with Gasteiger partial charge < -0.3 is 5.32 Å². The smallest absolute Gasteiger partial charge is 0.322 e. The van der Waals surface area contributed by atoms with Crippen molar-refractivity contribution in [1.29, 1.82) is 0 Å². The van der Waals surface area contributed by atoms with Crippen molar-refractivity contribution in [2.75, 3.05) is 10.0 Å². The molecule has 0 fully saturated rings. The number of sulfonamides is 1. The van der Waals surface area contributed by atoms with Gasteiger partial charge in [-0.15, -0.1) is 0 Å². The number of aryl methyl sites for hydroxylation is 1. The van der Waals surface area contributed by atoms with E-state index in [0.717, 1.165) is 6.07 Å². The summed E-state index contributed by atoms with van der Waals surface area (Å²) < 4.78 is 60.9. The fourth-order valence-corrected chi connectivity index (χ4v) is 2.48. The topological polar surface area (TPSA) is 75.3 Å². The summed E-state index contributed by atoms with van der Waals surface area (Å²) in [5, 5.41) is 2.62. The Hall–Kier alpha value is -2.55. The second kappa shape index (κ2) is 6.52. The van der Waals surface area contributed by atoms with Crippen LogP contribution in [-0.4, -0.2) is 19.8 Å². The lowest BCUT2D eigenvalue weighted by atomic mass is 10.1. The zero-order valence-corrected chi connectivity index (χ0v) is 13.2. The molecule has 2 rings (SSSR count). The van der Waals surface area contributed by atoms with E-state index in [4.69, 9.17) is 0 Å². The molecule has 2 aromatic carbocycles. The highest BCUT2D eigenvalue weighted by molar-refractivity contribution is 7.93. The monoisotopic (exact) mass is 358 g/mol. The first-order valence-corrected chi connectivity index (χ1v) is 8.14. The Labute approximate surface area is 136 Å². The van der Waals surface area contributed by atoms with E-state index >= 15 is 0 Å². The van der Waals surface area contributed by atoms with Gasteiger partial charge >= 0.3 is 15.5 Å². The quantitative estimate of drug-likeness (QED) is 0.878. The largest absolute Gasteiger partial charge is 0.516 e. The zero-order chi connectivity index (χ0) is 18.0. The Kier molecular flexibility index (Phi) is 4.83. The summed E-state index contributed by atoms with van der Waals surface area (Å²) in [6.07, 6.45) is 0. The molecule has 1 amide bonds. The third-order valence-corrected chi connectivity index (χ3v) is 4.17. The van der Waals surface area contributed by atoms with E-state index in [0.29, 0.717) is 5.69 Å². The summed E-state index contributed by atoms with van der Waals surface area (Å²) in [5.41, 5.74) is -4.73. The second-order valence-corrected chi connectivity index (χ2v) is 6.57. The third kappa shape index (κ3) is 4.05. The van der Waals surface area contributed by atoms with E-state index in [1.165, 1.54) is 23.8 Å². The van der Waals surface area contributed by atoms with Crippen LogP contribution in [0.1, 0.15) is 15.9 Å². The average Bonchev–Trinajstić information content (AvgIpc) is 2.49. The first kappa shape index (κ1) is 17.8. The standard InChI is InChI=1S/C15H13F3N2O3S/c1-10-9-11(14(21)19-12-5-3-2-4-6-12)7-8-13(10)20-24(22,23)15(16,17)18/h2-9,20H,1H3,(H,19,21). The van der Waals surface area contributed by atoms with Crippen molar-refractivity contribution in [3.8, 4) is 0 Å². The first-order chi connectivity index (χ1) is 11.1. The number of carbonyl (C=O) groups is 1. The van der Waals surface area contributed by atoms with Crippen LogP contribution >= 0.6 is 0 Å². The second-order valence-electron chi connectivity index (χ2n) is 4.90. The molecule has 0 saturated heterocycles. The SMILES string of the molecule is Cc1cc(C(=O)Nc2ccccc2)ccc1NS(=O)(=O)C(F)(F)F. The number of hydrogen-bond donors (Lipinski definition) is 2. The van der Waals surface area contributed by atoms with E-state index in [1.54, 1.807) is 30.3 Å². The van der Waals surface area contributed by atoms with Gasteiger partial charge in [0.2, 0.25) is 0 Å². The summed E-state index contributed by atoms with van der Waals surface area (Å²) in [5.74, 6) is -0.463. The molecule has 0 bridgehead atoms. The highest BCUT2D eigenvalue weighted by atomic mass is 32.2. The van der Waals surface area contributed by atoms with Gasteiger partial charge in [-0.3, -0.25) is 9.52 Å². The third-order valence-electron chi connectivity index (χ3n) is 3.07. The van der Waals surface area contributed by atoms with Crippen molar-refractivity contribution >= 4 is 27.3 Å². The molecule has 0 unspecified atom stereocenters. The van der Waals surface area contributed by atoms with Crippen LogP contribution in [0, 0.1) is 6.92 Å². The maximum atomic E-state index is 12.4. The Morgan fingerprint density at radius 2 is 1.67 bits per heavy atom. The van der Waals surface area contributed by atoms with E-state index in [9.17, 15) is 26.4 Å². The molecule has 0 aliphatic rings. The van der Waals surface area contributed by atoms with Gasteiger partial charge in [0.1, 0.15) is 0 Å². The van der Waals surface area contributed by atoms with Crippen molar-refractivity contribution in [2.45, 2.75) is 12.4 Å². The van der Waals surface area contributed by atoms with Gasteiger partial charge in [-0.25, -0.2) is 0 Å². The van der Waals surface area contributed by atoms with Gasteiger partial charge in [-0.1, -0.05) is 18.2 Å². The van der Waals surface area contributed by atoms with Crippen LogP contribution in [0.3, 0.4) is 0 Å². The molecule has 0 aromatic heterocycles. The summed E-state index contributed by atoms with van der Waals surface area (Å²) in [4.78, 5) is 12.1. The number of anilines is 2. The molecule has 0 spiro atoms. The minimum absolute atomic E-state index is 0.184. The van der Waals surface area contributed by atoms with E-state index in [1.807, 2.05) is 0 Å². The summed E-state index contributed by atoms with van der Waals surface area (Å²) in [6, 6.07) is 12.2. The molecule has 0 aliphatic heterocycles. The van der Waals surface area contributed by atoms with E-state index < -0.39 is 21.4 Å². The molecule has 0 atom stereocenters. The maximum Gasteiger partial charge on any atom is 0.516 e. The normalized spacial score (nSPS) is 11.8. The Morgan fingerprint density at radius 1 is 1.04 bits per heavy atom. The van der Waals surface area contributed by atoms with Crippen LogP contribution in [-0.2, 0) is 10.0 Å². The van der Waals surface area contributed by atoms with E-state index in [-0.39, 0.29) is 16.8 Å². The summed E-state index contributed by atoms with van der Waals surface area (Å²) in [7, 11) is -5.51. The number of para-hydroxylation sites is 1. The minimum Gasteiger partial charge on any atom is -0.322 e. The minimum atomic E-state index is -5.51. The summed E-state index contributed by atoms with van der Waals surface area (Å²) >= 11 is 0. The van der Waals surface area contributed by atoms with Crippen molar-refractivity contribution in [2.24, 2.45) is 0 Å². The maximum absolute atomic E-state index is 12.4. The fourth-order valence-electron chi connectivity index (χ4n) is 1.85. The molecule has 24 heavy (non-hydrogen) atoms. The lowest BCUT2D eigenvalue weighted by Gasteiger charge is -2.13. The van der Waals surface area contributed by atoms with E-state index in [2.05, 4.69) is 5.32 Å². The highest BCUT2D eigenvalue weighted by Gasteiger charge is 2.46. The Balaban J connectivity index is 2.19. The van der Waals surface area contributed by atoms with Crippen LogP contribution in [0.15, 0.2) is 48.5 Å². The number of benzene rings is 2. The molecule has 0 radical (unpaired) electrons. The number of nitrogens with one attached hydrogen (secondary N) is 2. The lowest BCUT2D eigenvalue weighted by Crippen LogP contribution is -2.30. The first-order valence-electron chi connectivity index (χ1n) is 6.66. The van der Waals surface area contributed by atoms with Gasteiger partial charge in [0.15, 0.2) is 0 Å². The Morgan fingerprint density at radius 3 is 2.21 bits per heavy atom. The zero-order valence-electron chi connectivity index (χ0n) is 12.4. The predicted molar refractivity (Wildman–Crippen MR) is 84.2 cm³/mol. The molecular weight excluding hydrogens is 345 g/mol. The fraction of sp³-hybridized carbons (Fsp3) is 0.133. The van der Waals surface area contributed by atoms with Gasteiger partial charge in [-0.05, 0) is 42.8 Å². The van der Waals surface area contributed by atoms with Crippen molar-refractivity contribution in [1.82, 2.24) is 0 Å². The highest BCUT2D eigenvalue weighted by Crippen LogP contribution is 2.27.